The van der Waals surface area contributed by atoms with Crippen molar-refractivity contribution in [1.82, 2.24) is 4.90 Å². The van der Waals surface area contributed by atoms with E-state index in [1.165, 1.54) is 17.0 Å². The molecule has 1 aliphatic rings. The first-order valence-corrected chi connectivity index (χ1v) is 8.30. The number of carbonyl (C=O) groups excluding carboxylic acids is 2. The summed E-state index contributed by atoms with van der Waals surface area (Å²) in [6.45, 7) is 4.27. The van der Waals surface area contributed by atoms with Gasteiger partial charge in [-0.15, -0.1) is 0 Å². The molecule has 1 atom stereocenters. The summed E-state index contributed by atoms with van der Waals surface area (Å²) in [6, 6.07) is 3.83. The number of anilines is 1. The molecular weight excluding hydrogens is 332 g/mol. The van der Waals surface area contributed by atoms with Gasteiger partial charge in [-0.25, -0.2) is 4.79 Å². The lowest BCUT2D eigenvalue weighted by molar-refractivity contribution is -0.141. The lowest BCUT2D eigenvalue weighted by atomic mass is 10.1. The smallest absolute Gasteiger partial charge is 0.326 e. The number of amides is 2. The highest BCUT2D eigenvalue weighted by molar-refractivity contribution is 6.34. The molecule has 2 rings (SSSR count). The fraction of sp³-hybridized carbons (Fsp3) is 0.471. The molecule has 0 saturated carbocycles. The van der Waals surface area contributed by atoms with E-state index in [-0.39, 0.29) is 22.4 Å². The third-order valence-electron chi connectivity index (χ3n) is 3.87. The number of aliphatic carboxylic acids is 1. The van der Waals surface area contributed by atoms with Crippen LogP contribution in [0.1, 0.15) is 43.5 Å². The minimum absolute atomic E-state index is 0.143. The Morgan fingerprint density at radius 2 is 2.08 bits per heavy atom. The predicted molar refractivity (Wildman–Crippen MR) is 91.2 cm³/mol. The lowest BCUT2D eigenvalue weighted by Crippen LogP contribution is -2.40. The quantitative estimate of drug-likeness (QED) is 0.852. The first-order valence-electron chi connectivity index (χ1n) is 7.92. The van der Waals surface area contributed by atoms with Gasteiger partial charge in [0.2, 0.25) is 5.91 Å². The third-order valence-corrected chi connectivity index (χ3v) is 4.20. The van der Waals surface area contributed by atoms with Crippen molar-refractivity contribution in [3.8, 4) is 0 Å². The standard InChI is InChI=1S/C17H21ClN2O4/c1-10(2)8-15(21)19-11-5-6-13(18)12(9-11)16(22)20-7-3-4-14(20)17(23)24/h5-6,9-10,14H,3-4,7-8H2,1-2H3,(H,19,21)(H,23,24)/t14-/m1/s1. The molecule has 130 valence electrons. The Labute approximate surface area is 145 Å². The van der Waals surface area contributed by atoms with Gasteiger partial charge in [0.25, 0.3) is 5.91 Å². The van der Waals surface area contributed by atoms with Crippen LogP contribution in [0.2, 0.25) is 5.02 Å². The van der Waals surface area contributed by atoms with Gasteiger partial charge in [0.05, 0.1) is 10.6 Å². The summed E-state index contributed by atoms with van der Waals surface area (Å²) in [5.74, 6) is -1.36. The monoisotopic (exact) mass is 352 g/mol. The zero-order chi connectivity index (χ0) is 17.9. The van der Waals surface area contributed by atoms with Crippen LogP contribution in [0.25, 0.3) is 0 Å². The molecule has 24 heavy (non-hydrogen) atoms. The molecule has 0 unspecified atom stereocenters. The fourth-order valence-electron chi connectivity index (χ4n) is 2.77. The minimum Gasteiger partial charge on any atom is -0.480 e. The van der Waals surface area contributed by atoms with Crippen molar-refractivity contribution < 1.29 is 19.5 Å². The highest BCUT2D eigenvalue weighted by Gasteiger charge is 2.35. The summed E-state index contributed by atoms with van der Waals surface area (Å²) >= 11 is 6.11. The SMILES string of the molecule is CC(C)CC(=O)Nc1ccc(Cl)c(C(=O)N2CCC[C@@H]2C(=O)O)c1. The molecule has 0 radical (unpaired) electrons. The van der Waals surface area contributed by atoms with Gasteiger partial charge < -0.3 is 15.3 Å². The second-order valence-corrected chi connectivity index (χ2v) is 6.74. The molecule has 1 saturated heterocycles. The molecule has 0 bridgehead atoms. The fourth-order valence-corrected chi connectivity index (χ4v) is 2.97. The van der Waals surface area contributed by atoms with Crippen LogP contribution >= 0.6 is 11.6 Å². The van der Waals surface area contributed by atoms with E-state index < -0.39 is 17.9 Å². The zero-order valence-electron chi connectivity index (χ0n) is 13.7. The maximum atomic E-state index is 12.7. The normalized spacial score (nSPS) is 17.2. The summed E-state index contributed by atoms with van der Waals surface area (Å²) in [4.78, 5) is 37.1. The van der Waals surface area contributed by atoms with Crippen LogP contribution in [0.3, 0.4) is 0 Å². The lowest BCUT2D eigenvalue weighted by Gasteiger charge is -2.22. The number of carboxylic acid groups (broad SMARTS) is 1. The summed E-state index contributed by atoms with van der Waals surface area (Å²) in [5.41, 5.74) is 0.673. The molecule has 0 aliphatic carbocycles. The molecule has 1 aromatic carbocycles. The molecule has 7 heteroatoms. The van der Waals surface area contributed by atoms with Gasteiger partial charge in [0.1, 0.15) is 6.04 Å². The van der Waals surface area contributed by atoms with E-state index in [0.29, 0.717) is 31.5 Å². The van der Waals surface area contributed by atoms with Crippen molar-refractivity contribution in [1.29, 1.82) is 0 Å². The number of carbonyl (C=O) groups is 3. The number of hydrogen-bond donors (Lipinski definition) is 2. The van der Waals surface area contributed by atoms with Crippen LogP contribution < -0.4 is 5.32 Å². The average molecular weight is 353 g/mol. The number of carboxylic acids is 1. The first-order chi connectivity index (χ1) is 11.3. The van der Waals surface area contributed by atoms with Gasteiger partial charge in [0.15, 0.2) is 0 Å². The molecule has 1 aliphatic heterocycles. The Kier molecular flexibility index (Phi) is 5.83. The van der Waals surface area contributed by atoms with Crippen molar-refractivity contribution in [2.45, 2.75) is 39.2 Å². The summed E-state index contributed by atoms with van der Waals surface area (Å²) in [6.07, 6.45) is 1.45. The molecule has 1 heterocycles. The summed E-state index contributed by atoms with van der Waals surface area (Å²) < 4.78 is 0. The topological polar surface area (TPSA) is 86.7 Å². The number of benzene rings is 1. The van der Waals surface area contributed by atoms with E-state index in [0.717, 1.165) is 0 Å². The molecule has 2 N–H and O–H groups in total. The highest BCUT2D eigenvalue weighted by atomic mass is 35.5. The third kappa shape index (κ3) is 4.26. The largest absolute Gasteiger partial charge is 0.480 e. The molecule has 0 aromatic heterocycles. The van der Waals surface area contributed by atoms with Crippen LogP contribution in [-0.4, -0.2) is 40.4 Å². The minimum atomic E-state index is -1.02. The van der Waals surface area contributed by atoms with Crippen LogP contribution in [0.4, 0.5) is 5.69 Å². The molecule has 6 nitrogen and oxygen atoms in total. The van der Waals surface area contributed by atoms with Gasteiger partial charge in [-0.1, -0.05) is 25.4 Å². The predicted octanol–water partition coefficient (Wildman–Crippen LogP) is 3.01. The molecular formula is C17H21ClN2O4. The van der Waals surface area contributed by atoms with Gasteiger partial charge >= 0.3 is 5.97 Å². The number of halogens is 1. The van der Waals surface area contributed by atoms with E-state index in [2.05, 4.69) is 5.32 Å². The summed E-state index contributed by atoms with van der Waals surface area (Å²) in [5, 5.41) is 12.2. The van der Waals surface area contributed by atoms with Crippen LogP contribution in [0, 0.1) is 5.92 Å². The summed E-state index contributed by atoms with van der Waals surface area (Å²) in [7, 11) is 0. The van der Waals surface area contributed by atoms with E-state index in [1.807, 2.05) is 13.8 Å². The van der Waals surface area contributed by atoms with Gasteiger partial charge in [0, 0.05) is 18.7 Å². The number of nitrogens with one attached hydrogen (secondary N) is 1. The van der Waals surface area contributed by atoms with E-state index >= 15 is 0 Å². The average Bonchev–Trinajstić information content (AvgIpc) is 2.97. The van der Waals surface area contributed by atoms with Crippen molar-refractivity contribution in [2.24, 2.45) is 5.92 Å². The van der Waals surface area contributed by atoms with Crippen LogP contribution in [0.5, 0.6) is 0 Å². The number of rotatable bonds is 5. The van der Waals surface area contributed by atoms with Crippen LogP contribution in [0.15, 0.2) is 18.2 Å². The van der Waals surface area contributed by atoms with E-state index in [9.17, 15) is 19.5 Å². The second-order valence-electron chi connectivity index (χ2n) is 6.34. The molecule has 1 aromatic rings. The Morgan fingerprint density at radius 3 is 2.71 bits per heavy atom. The molecule has 0 spiro atoms. The van der Waals surface area contributed by atoms with Crippen molar-refractivity contribution in [3.05, 3.63) is 28.8 Å². The van der Waals surface area contributed by atoms with Crippen molar-refractivity contribution >= 4 is 35.1 Å². The number of hydrogen-bond acceptors (Lipinski definition) is 3. The van der Waals surface area contributed by atoms with E-state index in [4.69, 9.17) is 11.6 Å². The Bertz CT molecular complexity index is 660. The first kappa shape index (κ1) is 18.3. The van der Waals surface area contributed by atoms with Gasteiger partial charge in [-0.05, 0) is 37.0 Å². The maximum absolute atomic E-state index is 12.7. The van der Waals surface area contributed by atoms with Crippen molar-refractivity contribution in [2.75, 3.05) is 11.9 Å². The Morgan fingerprint density at radius 1 is 1.38 bits per heavy atom. The number of likely N-dealkylation sites (tertiary alicyclic amines) is 1. The Hall–Kier alpha value is -2.08. The highest BCUT2D eigenvalue weighted by Crippen LogP contribution is 2.26. The molecule has 2 amide bonds. The number of nitrogens with zero attached hydrogens (tertiary/aromatic N) is 1. The van der Waals surface area contributed by atoms with E-state index in [1.54, 1.807) is 6.07 Å². The van der Waals surface area contributed by atoms with Crippen LogP contribution in [-0.2, 0) is 9.59 Å². The second kappa shape index (κ2) is 7.66. The Balaban J connectivity index is 2.20. The maximum Gasteiger partial charge on any atom is 0.326 e. The van der Waals surface area contributed by atoms with Crippen molar-refractivity contribution in [3.63, 3.8) is 0 Å². The van der Waals surface area contributed by atoms with Gasteiger partial charge in [-0.2, -0.15) is 0 Å². The molecule has 1 fully saturated rings. The zero-order valence-corrected chi connectivity index (χ0v) is 14.5. The van der Waals surface area contributed by atoms with Gasteiger partial charge in [-0.3, -0.25) is 9.59 Å².